The molecule has 4 aromatic carbocycles. The van der Waals surface area contributed by atoms with E-state index in [4.69, 9.17) is 34.8 Å². The van der Waals surface area contributed by atoms with E-state index in [1.165, 1.54) is 23.1 Å². The van der Waals surface area contributed by atoms with Crippen molar-refractivity contribution < 1.29 is 18.0 Å². The molecule has 0 unspecified atom stereocenters. The standard InChI is InChI=1S/C35H36Cl3N3O4S/c1-24(2)21-39-35(43)33(19-26-10-6-4-7-11-26)40(22-27-15-17-30(37)31(38)18-27)34(42)23-41(32-20-28(36)16-14-25(32)3)46(44,45)29-12-8-5-9-13-29/h4-18,20,24,33H,19,21-23H2,1-3H3,(H,39,43)/t33-/m1/s1. The van der Waals surface area contributed by atoms with Crippen LogP contribution in [0.4, 0.5) is 5.69 Å². The van der Waals surface area contributed by atoms with E-state index in [1.54, 1.807) is 55.5 Å². The number of amides is 2. The van der Waals surface area contributed by atoms with E-state index in [1.807, 2.05) is 44.2 Å². The number of hydrogen-bond acceptors (Lipinski definition) is 4. The molecule has 7 nitrogen and oxygen atoms in total. The summed E-state index contributed by atoms with van der Waals surface area (Å²) in [7, 11) is -4.25. The Morgan fingerprint density at radius 3 is 2.09 bits per heavy atom. The second-order valence-corrected chi connectivity index (χ2v) is 14.5. The minimum atomic E-state index is -4.25. The van der Waals surface area contributed by atoms with Crippen molar-refractivity contribution in [1.29, 1.82) is 0 Å². The maximum absolute atomic E-state index is 14.6. The average molecular weight is 701 g/mol. The number of hydrogen-bond donors (Lipinski definition) is 1. The predicted molar refractivity (Wildman–Crippen MR) is 186 cm³/mol. The van der Waals surface area contributed by atoms with E-state index in [9.17, 15) is 18.0 Å². The summed E-state index contributed by atoms with van der Waals surface area (Å²) >= 11 is 18.9. The number of rotatable bonds is 13. The molecule has 4 rings (SSSR count). The second-order valence-electron chi connectivity index (χ2n) is 11.4. The first-order valence-electron chi connectivity index (χ1n) is 14.8. The molecule has 0 aromatic heterocycles. The van der Waals surface area contributed by atoms with Gasteiger partial charge >= 0.3 is 0 Å². The van der Waals surface area contributed by atoms with Crippen molar-refractivity contribution in [2.75, 3.05) is 17.4 Å². The van der Waals surface area contributed by atoms with Gasteiger partial charge in [-0.25, -0.2) is 8.42 Å². The van der Waals surface area contributed by atoms with Crippen LogP contribution in [0.2, 0.25) is 15.1 Å². The van der Waals surface area contributed by atoms with Crippen molar-refractivity contribution in [2.24, 2.45) is 5.92 Å². The Labute approximate surface area is 286 Å². The SMILES string of the molecule is Cc1ccc(Cl)cc1N(CC(=O)N(Cc1ccc(Cl)c(Cl)c1)[C@H](Cc1ccccc1)C(=O)NCC(C)C)S(=O)(=O)c1ccccc1. The molecule has 11 heteroatoms. The molecular weight excluding hydrogens is 665 g/mol. The zero-order chi connectivity index (χ0) is 33.4. The maximum Gasteiger partial charge on any atom is 0.264 e. The predicted octanol–water partition coefficient (Wildman–Crippen LogP) is 7.56. The minimum Gasteiger partial charge on any atom is -0.354 e. The van der Waals surface area contributed by atoms with Crippen LogP contribution in [0.15, 0.2) is 102 Å². The Morgan fingerprint density at radius 2 is 1.46 bits per heavy atom. The Bertz CT molecular complexity index is 1770. The Kier molecular flexibility index (Phi) is 12.1. The van der Waals surface area contributed by atoms with Crippen LogP contribution in [0.25, 0.3) is 0 Å². The van der Waals surface area contributed by atoms with E-state index < -0.39 is 28.5 Å². The zero-order valence-electron chi connectivity index (χ0n) is 25.8. The third-order valence-electron chi connectivity index (χ3n) is 7.34. The molecule has 0 spiro atoms. The summed E-state index contributed by atoms with van der Waals surface area (Å²) in [6.45, 7) is 5.47. The minimum absolute atomic E-state index is 0.00807. The summed E-state index contributed by atoms with van der Waals surface area (Å²) in [6, 6.07) is 26.1. The lowest BCUT2D eigenvalue weighted by molar-refractivity contribution is -0.140. The van der Waals surface area contributed by atoms with E-state index in [2.05, 4.69) is 5.32 Å². The van der Waals surface area contributed by atoms with Gasteiger partial charge in [-0.15, -0.1) is 0 Å². The largest absolute Gasteiger partial charge is 0.354 e. The molecule has 0 bridgehead atoms. The van der Waals surface area contributed by atoms with Crippen molar-refractivity contribution in [2.45, 2.75) is 44.7 Å². The van der Waals surface area contributed by atoms with Gasteiger partial charge in [0, 0.05) is 24.5 Å². The number of benzene rings is 4. The van der Waals surface area contributed by atoms with Gasteiger partial charge < -0.3 is 10.2 Å². The van der Waals surface area contributed by atoms with Gasteiger partial charge in [-0.05, 0) is 65.9 Å². The molecule has 0 saturated carbocycles. The van der Waals surface area contributed by atoms with Crippen LogP contribution in [0.1, 0.15) is 30.5 Å². The third-order valence-corrected chi connectivity index (χ3v) is 10.1. The molecule has 4 aromatic rings. The van der Waals surface area contributed by atoms with Gasteiger partial charge in [0.05, 0.1) is 20.6 Å². The number of nitrogens with one attached hydrogen (secondary N) is 1. The summed E-state index contributed by atoms with van der Waals surface area (Å²) in [5, 5.41) is 3.91. The lowest BCUT2D eigenvalue weighted by Gasteiger charge is -2.34. The van der Waals surface area contributed by atoms with Gasteiger partial charge in [0.15, 0.2) is 0 Å². The molecule has 0 aliphatic carbocycles. The quantitative estimate of drug-likeness (QED) is 0.156. The average Bonchev–Trinajstić information content (AvgIpc) is 3.04. The van der Waals surface area contributed by atoms with Gasteiger partial charge in [-0.2, -0.15) is 0 Å². The summed E-state index contributed by atoms with van der Waals surface area (Å²) in [5.41, 5.74) is 2.30. The van der Waals surface area contributed by atoms with Gasteiger partial charge in [0.25, 0.3) is 10.0 Å². The van der Waals surface area contributed by atoms with Gasteiger partial charge in [-0.1, -0.05) is 109 Å². The van der Waals surface area contributed by atoms with E-state index in [0.29, 0.717) is 32.7 Å². The van der Waals surface area contributed by atoms with Crippen LogP contribution in [-0.2, 0) is 32.6 Å². The van der Waals surface area contributed by atoms with Crippen molar-refractivity contribution >= 4 is 62.3 Å². The fraction of sp³-hybridized carbons (Fsp3) is 0.257. The van der Waals surface area contributed by atoms with E-state index in [0.717, 1.165) is 9.87 Å². The Morgan fingerprint density at radius 1 is 0.804 bits per heavy atom. The van der Waals surface area contributed by atoms with E-state index in [-0.39, 0.29) is 35.4 Å². The number of sulfonamides is 1. The molecule has 0 saturated heterocycles. The van der Waals surface area contributed by atoms with Crippen molar-refractivity contribution in [3.05, 3.63) is 129 Å². The molecule has 1 atom stereocenters. The van der Waals surface area contributed by atoms with Crippen molar-refractivity contribution in [3.63, 3.8) is 0 Å². The molecule has 46 heavy (non-hydrogen) atoms. The van der Waals surface area contributed by atoms with Crippen LogP contribution < -0.4 is 9.62 Å². The smallest absolute Gasteiger partial charge is 0.264 e. The van der Waals surface area contributed by atoms with Crippen LogP contribution in [0.5, 0.6) is 0 Å². The molecule has 0 radical (unpaired) electrons. The topological polar surface area (TPSA) is 86.8 Å². The maximum atomic E-state index is 14.6. The highest BCUT2D eigenvalue weighted by atomic mass is 35.5. The number of carbonyl (C=O) groups excluding carboxylic acids is 2. The van der Waals surface area contributed by atoms with Gasteiger partial charge in [0.1, 0.15) is 12.6 Å². The molecule has 0 aliphatic rings. The van der Waals surface area contributed by atoms with Crippen LogP contribution in [0, 0.1) is 12.8 Å². The summed E-state index contributed by atoms with van der Waals surface area (Å²) in [5.74, 6) is -0.786. The monoisotopic (exact) mass is 699 g/mol. The number of anilines is 1. The van der Waals surface area contributed by atoms with Crippen LogP contribution in [0.3, 0.4) is 0 Å². The summed E-state index contributed by atoms with van der Waals surface area (Å²) in [6.07, 6.45) is 0.194. The molecule has 1 N–H and O–H groups in total. The summed E-state index contributed by atoms with van der Waals surface area (Å²) in [4.78, 5) is 29.9. The first-order chi connectivity index (χ1) is 21.9. The number of aryl methyl sites for hydroxylation is 1. The lowest BCUT2D eigenvalue weighted by Crippen LogP contribution is -2.53. The highest BCUT2D eigenvalue weighted by Gasteiger charge is 2.35. The molecular formula is C35H36Cl3N3O4S. The molecule has 0 heterocycles. The van der Waals surface area contributed by atoms with Gasteiger partial charge in [0.2, 0.25) is 11.8 Å². The fourth-order valence-electron chi connectivity index (χ4n) is 4.90. The fourth-order valence-corrected chi connectivity index (χ4v) is 6.87. The highest BCUT2D eigenvalue weighted by Crippen LogP contribution is 2.30. The van der Waals surface area contributed by atoms with Crippen molar-refractivity contribution in [3.8, 4) is 0 Å². The first-order valence-corrected chi connectivity index (χ1v) is 17.3. The Hall–Kier alpha value is -3.56. The van der Waals surface area contributed by atoms with Crippen LogP contribution >= 0.6 is 34.8 Å². The van der Waals surface area contributed by atoms with Gasteiger partial charge in [-0.3, -0.25) is 13.9 Å². The van der Waals surface area contributed by atoms with E-state index >= 15 is 0 Å². The second kappa shape index (κ2) is 15.8. The number of nitrogens with zero attached hydrogens (tertiary/aromatic N) is 2. The number of halogens is 3. The molecule has 0 fully saturated rings. The first kappa shape index (κ1) is 35.3. The Balaban J connectivity index is 1.83. The zero-order valence-corrected chi connectivity index (χ0v) is 28.9. The molecule has 242 valence electrons. The van der Waals surface area contributed by atoms with Crippen molar-refractivity contribution in [1.82, 2.24) is 10.2 Å². The van der Waals surface area contributed by atoms with Crippen LogP contribution in [-0.4, -0.2) is 44.3 Å². The highest BCUT2D eigenvalue weighted by molar-refractivity contribution is 7.92. The third kappa shape index (κ3) is 9.04. The summed E-state index contributed by atoms with van der Waals surface area (Å²) < 4.78 is 29.4. The molecule has 0 aliphatic heterocycles. The number of carbonyl (C=O) groups is 2. The molecule has 2 amide bonds. The normalized spacial score (nSPS) is 12.1. The lowest BCUT2D eigenvalue weighted by atomic mass is 10.0.